The van der Waals surface area contributed by atoms with Crippen molar-refractivity contribution in [2.24, 2.45) is 5.92 Å². The van der Waals surface area contributed by atoms with Gasteiger partial charge in [0, 0.05) is 24.9 Å². The van der Waals surface area contributed by atoms with Gasteiger partial charge in [0.05, 0.1) is 12.7 Å². The molecule has 0 spiro atoms. The molecule has 1 saturated heterocycles. The molecule has 0 N–H and O–H groups in total. The van der Waals surface area contributed by atoms with Gasteiger partial charge in [0.1, 0.15) is 11.6 Å². The minimum absolute atomic E-state index is 0.207. The minimum Gasteiger partial charge on any atom is -0.493 e. The summed E-state index contributed by atoms with van der Waals surface area (Å²) in [4.78, 5) is 2.46. The molecular formula is C24H27FN2O3. The fourth-order valence-electron chi connectivity index (χ4n) is 4.34. The first-order valence-corrected chi connectivity index (χ1v) is 10.6. The van der Waals surface area contributed by atoms with Crippen LogP contribution in [0, 0.1) is 23.1 Å². The third-order valence-electron chi connectivity index (χ3n) is 5.94. The van der Waals surface area contributed by atoms with Gasteiger partial charge in [-0.25, -0.2) is 4.39 Å². The molecule has 4 rings (SSSR count). The molecule has 0 aromatic heterocycles. The number of piperidine rings is 1. The van der Waals surface area contributed by atoms with E-state index in [0.717, 1.165) is 50.4 Å². The summed E-state index contributed by atoms with van der Waals surface area (Å²) in [6.45, 7) is 3.76. The normalized spacial score (nSPS) is 20.7. The number of ether oxygens (including phenoxy) is 3. The van der Waals surface area contributed by atoms with Crippen molar-refractivity contribution in [1.29, 1.82) is 5.26 Å². The Bertz CT molecular complexity index is 881. The second kappa shape index (κ2) is 9.82. The Morgan fingerprint density at radius 3 is 2.77 bits per heavy atom. The van der Waals surface area contributed by atoms with Gasteiger partial charge >= 0.3 is 0 Å². The van der Waals surface area contributed by atoms with E-state index in [9.17, 15) is 4.39 Å². The molecule has 0 amide bonds. The number of hydrogen-bond donors (Lipinski definition) is 0. The van der Waals surface area contributed by atoms with Crippen LogP contribution in [0.25, 0.3) is 0 Å². The molecule has 5 nitrogen and oxygen atoms in total. The molecule has 30 heavy (non-hydrogen) atoms. The van der Waals surface area contributed by atoms with E-state index in [4.69, 9.17) is 19.5 Å². The van der Waals surface area contributed by atoms with Gasteiger partial charge in [0.2, 0.25) is 6.79 Å². The summed E-state index contributed by atoms with van der Waals surface area (Å²) in [6, 6.07) is 14.7. The molecule has 0 bridgehead atoms. The second-order valence-electron chi connectivity index (χ2n) is 7.95. The van der Waals surface area contributed by atoms with Crippen LogP contribution in [0.4, 0.5) is 4.39 Å². The molecule has 1 fully saturated rings. The molecule has 158 valence electrons. The number of nitrogens with zero attached hydrogens (tertiary/aromatic N) is 2. The van der Waals surface area contributed by atoms with Crippen LogP contribution in [0.1, 0.15) is 37.2 Å². The maximum absolute atomic E-state index is 13.4. The maximum atomic E-state index is 13.4. The lowest BCUT2D eigenvalue weighted by molar-refractivity contribution is 0.109. The van der Waals surface area contributed by atoms with Gasteiger partial charge in [0.25, 0.3) is 0 Å². The molecule has 2 aromatic carbocycles. The summed E-state index contributed by atoms with van der Waals surface area (Å²) >= 11 is 0. The molecule has 0 radical (unpaired) electrons. The number of hydrogen-bond acceptors (Lipinski definition) is 5. The van der Waals surface area contributed by atoms with E-state index < -0.39 is 0 Å². The minimum atomic E-state index is -0.207. The first kappa shape index (κ1) is 20.5. The highest BCUT2D eigenvalue weighted by Crippen LogP contribution is 2.37. The van der Waals surface area contributed by atoms with Crippen LogP contribution >= 0.6 is 0 Å². The molecular weight excluding hydrogens is 383 g/mol. The summed E-state index contributed by atoms with van der Waals surface area (Å²) in [6.07, 6.45) is 3.60. The Morgan fingerprint density at radius 2 is 1.93 bits per heavy atom. The van der Waals surface area contributed by atoms with Gasteiger partial charge in [-0.15, -0.1) is 0 Å². The molecule has 2 aliphatic rings. The van der Waals surface area contributed by atoms with Crippen molar-refractivity contribution in [3.05, 3.63) is 53.8 Å². The van der Waals surface area contributed by atoms with E-state index in [1.54, 1.807) is 12.1 Å². The summed E-state index contributed by atoms with van der Waals surface area (Å²) in [5, 5.41) is 8.74. The zero-order chi connectivity index (χ0) is 20.8. The Balaban J connectivity index is 1.42. The molecule has 2 heterocycles. The molecule has 6 heteroatoms. The third kappa shape index (κ3) is 5.03. The van der Waals surface area contributed by atoms with Crippen LogP contribution < -0.4 is 14.2 Å². The smallest absolute Gasteiger partial charge is 0.231 e. The predicted octanol–water partition coefficient (Wildman–Crippen LogP) is 4.73. The SMILES string of the molecule is N#CCCCCN1CC[C@H](c2ccc(F)cc2)[C@@H](COc2ccc3c(c2)OCO3)C1. The average Bonchev–Trinajstić information content (AvgIpc) is 3.24. The Labute approximate surface area is 177 Å². The van der Waals surface area contributed by atoms with E-state index in [-0.39, 0.29) is 12.6 Å². The van der Waals surface area contributed by atoms with Gasteiger partial charge < -0.3 is 19.1 Å². The first-order valence-electron chi connectivity index (χ1n) is 10.6. The van der Waals surface area contributed by atoms with Crippen molar-refractivity contribution >= 4 is 0 Å². The number of benzene rings is 2. The Morgan fingerprint density at radius 1 is 1.10 bits per heavy atom. The van der Waals surface area contributed by atoms with E-state index in [2.05, 4.69) is 11.0 Å². The van der Waals surface area contributed by atoms with Gasteiger partial charge in [-0.3, -0.25) is 0 Å². The zero-order valence-corrected chi connectivity index (χ0v) is 17.1. The van der Waals surface area contributed by atoms with E-state index in [1.807, 2.05) is 30.3 Å². The Kier molecular flexibility index (Phi) is 6.70. The summed E-state index contributed by atoms with van der Waals surface area (Å²) < 4.78 is 30.4. The standard InChI is InChI=1S/C24H27FN2O3/c25-20-6-4-18(5-7-20)22-10-13-27(12-3-1-2-11-26)15-19(22)16-28-21-8-9-23-24(14-21)30-17-29-23/h4-9,14,19,22H,1-3,10,12-13,15-17H2/t19-,22-/m1/s1. The van der Waals surface area contributed by atoms with Crippen LogP contribution in [-0.2, 0) is 0 Å². The number of nitriles is 1. The largest absolute Gasteiger partial charge is 0.493 e. The van der Waals surface area contributed by atoms with E-state index in [1.165, 1.54) is 5.56 Å². The van der Waals surface area contributed by atoms with Gasteiger partial charge in [-0.1, -0.05) is 12.1 Å². The maximum Gasteiger partial charge on any atom is 0.231 e. The first-order chi connectivity index (χ1) is 14.7. The highest BCUT2D eigenvalue weighted by atomic mass is 19.1. The van der Waals surface area contributed by atoms with Crippen LogP contribution in [0.5, 0.6) is 17.2 Å². The van der Waals surface area contributed by atoms with E-state index in [0.29, 0.717) is 30.6 Å². The summed E-state index contributed by atoms with van der Waals surface area (Å²) in [5.74, 6) is 2.64. The zero-order valence-electron chi connectivity index (χ0n) is 17.1. The molecule has 0 unspecified atom stereocenters. The summed E-state index contributed by atoms with van der Waals surface area (Å²) in [5.41, 5.74) is 1.17. The number of unbranched alkanes of at least 4 members (excludes halogenated alkanes) is 2. The van der Waals surface area contributed by atoms with Crippen LogP contribution in [0.15, 0.2) is 42.5 Å². The van der Waals surface area contributed by atoms with Gasteiger partial charge in [-0.2, -0.15) is 5.26 Å². The highest BCUT2D eigenvalue weighted by Gasteiger charge is 2.31. The monoisotopic (exact) mass is 410 g/mol. The summed E-state index contributed by atoms with van der Waals surface area (Å²) in [7, 11) is 0. The average molecular weight is 410 g/mol. The van der Waals surface area contributed by atoms with Crippen LogP contribution in [0.3, 0.4) is 0 Å². The molecule has 0 saturated carbocycles. The van der Waals surface area contributed by atoms with Crippen molar-refractivity contribution in [3.63, 3.8) is 0 Å². The van der Waals surface area contributed by atoms with Crippen LogP contribution in [0.2, 0.25) is 0 Å². The van der Waals surface area contributed by atoms with Crippen molar-refractivity contribution in [2.45, 2.75) is 31.6 Å². The topological polar surface area (TPSA) is 54.7 Å². The van der Waals surface area contributed by atoms with Gasteiger partial charge in [0.15, 0.2) is 11.5 Å². The number of likely N-dealkylation sites (tertiary alicyclic amines) is 1. The second-order valence-corrected chi connectivity index (χ2v) is 7.95. The van der Waals surface area contributed by atoms with Gasteiger partial charge in [-0.05, 0) is 68.1 Å². The van der Waals surface area contributed by atoms with Crippen LogP contribution in [-0.4, -0.2) is 37.9 Å². The lowest BCUT2D eigenvalue weighted by Gasteiger charge is -2.39. The number of rotatable bonds is 8. The van der Waals surface area contributed by atoms with Crippen molar-refractivity contribution in [2.75, 3.05) is 33.0 Å². The molecule has 0 aliphatic carbocycles. The number of halogens is 1. The lowest BCUT2D eigenvalue weighted by atomic mass is 9.80. The molecule has 2 aliphatic heterocycles. The predicted molar refractivity (Wildman–Crippen MR) is 111 cm³/mol. The van der Waals surface area contributed by atoms with E-state index >= 15 is 0 Å². The molecule has 2 aromatic rings. The van der Waals surface area contributed by atoms with Crippen molar-refractivity contribution < 1.29 is 18.6 Å². The fourth-order valence-corrected chi connectivity index (χ4v) is 4.34. The molecule has 2 atom stereocenters. The number of fused-ring (bicyclic) bond motifs is 1. The highest BCUT2D eigenvalue weighted by molar-refractivity contribution is 5.46. The quantitative estimate of drug-likeness (QED) is 0.589. The Hall–Kier alpha value is -2.78. The fraction of sp³-hybridized carbons (Fsp3) is 0.458. The third-order valence-corrected chi connectivity index (χ3v) is 5.94. The lowest BCUT2D eigenvalue weighted by Crippen LogP contribution is -2.42. The van der Waals surface area contributed by atoms with Crippen molar-refractivity contribution in [3.8, 4) is 23.3 Å². The van der Waals surface area contributed by atoms with Crippen molar-refractivity contribution in [1.82, 2.24) is 4.90 Å².